The van der Waals surface area contributed by atoms with Gasteiger partial charge in [0.25, 0.3) is 0 Å². The number of rotatable bonds is 4. The molecule has 5 rings (SSSR count). The summed E-state index contributed by atoms with van der Waals surface area (Å²) in [5.41, 5.74) is 10.3. The largest absolute Gasteiger partial charge is 0.326 e. The summed E-state index contributed by atoms with van der Waals surface area (Å²) in [6.07, 6.45) is 5.27. The maximum Gasteiger partial charge on any atom is 0.141 e. The van der Waals surface area contributed by atoms with Crippen LogP contribution in [0.25, 0.3) is 21.6 Å². The molecule has 3 heterocycles. The molecule has 3 atom stereocenters. The fraction of sp³-hybridized carbons (Fsp3) is 0.304. The number of fused-ring (bicyclic) bond motifs is 2. The number of halogens is 1. The highest BCUT2D eigenvalue weighted by atomic mass is 32.1. The van der Waals surface area contributed by atoms with Crippen molar-refractivity contribution in [1.29, 1.82) is 5.26 Å². The smallest absolute Gasteiger partial charge is 0.141 e. The van der Waals surface area contributed by atoms with Crippen molar-refractivity contribution in [3.8, 4) is 27.6 Å². The van der Waals surface area contributed by atoms with Crippen LogP contribution in [0, 0.1) is 17.1 Å². The standard InChI is InChI=1S/C23H21FN4S/c24-20-10-15(2-3-16(20)12-25)19-9-14(1-5-18(19)23-7-8-27-29-23)13-28-17-4-6-22(28)21(26)11-17/h1-3,5,7-10,17,21-22H,4,6,11,13,26H2/t17-,21+,22+/m1/s1. The van der Waals surface area contributed by atoms with E-state index < -0.39 is 5.82 Å². The van der Waals surface area contributed by atoms with E-state index in [1.165, 1.54) is 36.0 Å². The molecule has 0 unspecified atom stereocenters. The van der Waals surface area contributed by atoms with Crippen molar-refractivity contribution in [2.24, 2.45) is 5.73 Å². The minimum absolute atomic E-state index is 0.0619. The van der Waals surface area contributed by atoms with Crippen LogP contribution in [0.4, 0.5) is 4.39 Å². The van der Waals surface area contributed by atoms with Gasteiger partial charge in [0.2, 0.25) is 0 Å². The summed E-state index contributed by atoms with van der Waals surface area (Å²) in [6.45, 7) is 0.859. The number of benzene rings is 2. The minimum Gasteiger partial charge on any atom is -0.326 e. The zero-order chi connectivity index (χ0) is 20.0. The van der Waals surface area contributed by atoms with Gasteiger partial charge in [-0.15, -0.1) is 0 Å². The molecule has 2 aliphatic heterocycles. The first-order valence-electron chi connectivity index (χ1n) is 9.89. The molecule has 4 nitrogen and oxygen atoms in total. The van der Waals surface area contributed by atoms with Crippen LogP contribution in [-0.2, 0) is 6.54 Å². The van der Waals surface area contributed by atoms with Gasteiger partial charge in [-0.1, -0.05) is 18.2 Å². The summed E-state index contributed by atoms with van der Waals surface area (Å²) >= 11 is 1.42. The van der Waals surface area contributed by atoms with Crippen LogP contribution in [0.1, 0.15) is 30.4 Å². The lowest BCUT2D eigenvalue weighted by atomic mass is 9.95. The second-order valence-corrected chi connectivity index (χ2v) is 8.77. The van der Waals surface area contributed by atoms with Crippen molar-refractivity contribution in [3.05, 3.63) is 65.6 Å². The number of nitrogens with zero attached hydrogens (tertiary/aromatic N) is 3. The van der Waals surface area contributed by atoms with E-state index in [9.17, 15) is 4.39 Å². The molecule has 0 spiro atoms. The SMILES string of the molecule is N#Cc1ccc(-c2cc(CN3[C@@H]4CC[C@H]3[C@@H](N)C4)ccc2-c2ccns2)cc1F. The number of nitriles is 1. The predicted molar refractivity (Wildman–Crippen MR) is 113 cm³/mol. The van der Waals surface area contributed by atoms with Gasteiger partial charge in [-0.25, -0.2) is 8.76 Å². The maximum atomic E-state index is 14.3. The Morgan fingerprint density at radius 3 is 2.72 bits per heavy atom. The van der Waals surface area contributed by atoms with Crippen LogP contribution in [0.5, 0.6) is 0 Å². The fourth-order valence-electron chi connectivity index (χ4n) is 4.88. The molecule has 0 saturated carbocycles. The molecule has 0 amide bonds. The Labute approximate surface area is 173 Å². The van der Waals surface area contributed by atoms with E-state index in [4.69, 9.17) is 11.0 Å². The third-order valence-electron chi connectivity index (χ3n) is 6.28. The molecule has 1 aromatic heterocycles. The molecule has 2 saturated heterocycles. The van der Waals surface area contributed by atoms with Gasteiger partial charge in [0, 0.05) is 36.4 Å². The van der Waals surface area contributed by atoms with E-state index in [0.717, 1.165) is 34.5 Å². The van der Waals surface area contributed by atoms with Gasteiger partial charge in [-0.3, -0.25) is 4.90 Å². The number of nitrogens with two attached hydrogens (primary N) is 1. The van der Waals surface area contributed by atoms with Crippen LogP contribution in [0.3, 0.4) is 0 Å². The zero-order valence-corrected chi connectivity index (χ0v) is 16.7. The van der Waals surface area contributed by atoms with Crippen LogP contribution in [0.2, 0.25) is 0 Å². The summed E-state index contributed by atoms with van der Waals surface area (Å²) in [6, 6.07) is 16.4. The highest BCUT2D eigenvalue weighted by Crippen LogP contribution is 2.40. The fourth-order valence-corrected chi connectivity index (χ4v) is 5.51. The lowest BCUT2D eigenvalue weighted by Gasteiger charge is -2.23. The molecule has 29 heavy (non-hydrogen) atoms. The van der Waals surface area contributed by atoms with Gasteiger partial charge in [0.05, 0.1) is 10.4 Å². The van der Waals surface area contributed by atoms with Crippen LogP contribution in [0.15, 0.2) is 48.7 Å². The highest BCUT2D eigenvalue weighted by molar-refractivity contribution is 7.09. The third kappa shape index (κ3) is 3.25. The van der Waals surface area contributed by atoms with Crippen molar-refractivity contribution >= 4 is 11.5 Å². The van der Waals surface area contributed by atoms with Gasteiger partial charge < -0.3 is 5.73 Å². The van der Waals surface area contributed by atoms with E-state index in [2.05, 4.69) is 27.5 Å². The van der Waals surface area contributed by atoms with Crippen LogP contribution in [-0.4, -0.2) is 27.4 Å². The number of hydrogen-bond acceptors (Lipinski definition) is 5. The summed E-state index contributed by atoms with van der Waals surface area (Å²) in [7, 11) is 0. The molecule has 2 bridgehead atoms. The molecule has 6 heteroatoms. The Hall–Kier alpha value is -2.59. The second kappa shape index (κ2) is 7.34. The first-order chi connectivity index (χ1) is 14.1. The predicted octanol–water partition coefficient (Wildman–Crippen LogP) is 4.55. The van der Waals surface area contributed by atoms with Gasteiger partial charge in [-0.05, 0) is 71.8 Å². The first-order valence-corrected chi connectivity index (χ1v) is 10.7. The van der Waals surface area contributed by atoms with Crippen molar-refractivity contribution in [3.63, 3.8) is 0 Å². The number of hydrogen-bond donors (Lipinski definition) is 1. The molecule has 146 valence electrons. The monoisotopic (exact) mass is 404 g/mol. The lowest BCUT2D eigenvalue weighted by Crippen LogP contribution is -2.36. The Morgan fingerprint density at radius 1 is 1.17 bits per heavy atom. The molecular formula is C23H21FN4S. The summed E-state index contributed by atoms with van der Waals surface area (Å²) in [4.78, 5) is 3.58. The van der Waals surface area contributed by atoms with E-state index >= 15 is 0 Å². The second-order valence-electron chi connectivity index (χ2n) is 7.93. The topological polar surface area (TPSA) is 65.9 Å². The molecule has 3 aromatic rings. The molecule has 2 N–H and O–H groups in total. The first kappa shape index (κ1) is 18.4. The lowest BCUT2D eigenvalue weighted by molar-refractivity contribution is 0.239. The summed E-state index contributed by atoms with van der Waals surface area (Å²) < 4.78 is 18.6. The Morgan fingerprint density at radius 2 is 2.07 bits per heavy atom. The van der Waals surface area contributed by atoms with Crippen LogP contribution < -0.4 is 5.73 Å². The molecule has 0 aliphatic carbocycles. The van der Waals surface area contributed by atoms with Gasteiger partial charge in [-0.2, -0.15) is 5.26 Å². The third-order valence-corrected chi connectivity index (χ3v) is 7.06. The van der Waals surface area contributed by atoms with Crippen molar-refractivity contribution in [1.82, 2.24) is 9.27 Å². The molecule has 2 aliphatic rings. The Balaban J connectivity index is 1.55. The number of aromatic nitrogens is 1. The summed E-state index contributed by atoms with van der Waals surface area (Å²) in [5, 5.41) is 9.05. The van der Waals surface area contributed by atoms with E-state index in [1.807, 2.05) is 18.2 Å². The van der Waals surface area contributed by atoms with E-state index in [-0.39, 0.29) is 11.6 Å². The normalized spacial score (nSPS) is 23.4. The zero-order valence-electron chi connectivity index (χ0n) is 15.9. The highest BCUT2D eigenvalue weighted by Gasteiger charge is 2.44. The van der Waals surface area contributed by atoms with Crippen molar-refractivity contribution in [2.45, 2.75) is 43.9 Å². The summed E-state index contributed by atoms with van der Waals surface area (Å²) in [5.74, 6) is -0.491. The van der Waals surface area contributed by atoms with Gasteiger partial charge in [0.15, 0.2) is 0 Å². The van der Waals surface area contributed by atoms with Gasteiger partial charge >= 0.3 is 0 Å². The van der Waals surface area contributed by atoms with Gasteiger partial charge in [0.1, 0.15) is 11.9 Å². The Bertz CT molecular complexity index is 1090. The average molecular weight is 405 g/mol. The van der Waals surface area contributed by atoms with E-state index in [0.29, 0.717) is 12.1 Å². The molecule has 2 aromatic carbocycles. The minimum atomic E-state index is -0.491. The van der Waals surface area contributed by atoms with E-state index in [1.54, 1.807) is 12.3 Å². The maximum absolute atomic E-state index is 14.3. The van der Waals surface area contributed by atoms with Crippen LogP contribution >= 0.6 is 11.5 Å². The quantitative estimate of drug-likeness (QED) is 0.693. The van der Waals surface area contributed by atoms with Crippen molar-refractivity contribution < 1.29 is 4.39 Å². The molecule has 0 radical (unpaired) electrons. The Kier molecular flexibility index (Phi) is 4.67. The molecular weight excluding hydrogens is 383 g/mol. The molecule has 2 fully saturated rings. The average Bonchev–Trinajstić information content (AvgIpc) is 3.45. The van der Waals surface area contributed by atoms with Crippen molar-refractivity contribution in [2.75, 3.05) is 0 Å².